The van der Waals surface area contributed by atoms with Gasteiger partial charge in [-0.25, -0.2) is 4.79 Å². The first-order valence-corrected chi connectivity index (χ1v) is 10.3. The van der Waals surface area contributed by atoms with Gasteiger partial charge in [-0.3, -0.25) is 14.5 Å². The molecule has 0 fully saturated rings. The van der Waals surface area contributed by atoms with Crippen molar-refractivity contribution >= 4 is 44.5 Å². The molecule has 5 aromatic rings. The number of carbonyl (C=O) groups is 2. The Kier molecular flexibility index (Phi) is 3.72. The summed E-state index contributed by atoms with van der Waals surface area (Å²) in [6.45, 7) is 3.82. The standard InChI is InChI=1S/C26H17NO5/c1-13-11-22(28)32-23-15(13)7-8-17-16(23)9-10-18-21(14(2)31-24(17)18)12-27-25(29)19-5-3-4-6-20(19)26(27)30/h3-11H,12H2,1-2H3. The first-order valence-electron chi connectivity index (χ1n) is 10.3. The summed E-state index contributed by atoms with van der Waals surface area (Å²) in [5, 5.41) is 3.27. The van der Waals surface area contributed by atoms with Crippen LogP contribution in [0.25, 0.3) is 32.7 Å². The molecule has 0 radical (unpaired) electrons. The third-order valence-corrected chi connectivity index (χ3v) is 6.26. The van der Waals surface area contributed by atoms with E-state index in [2.05, 4.69) is 0 Å². The Balaban J connectivity index is 1.52. The molecule has 2 aromatic heterocycles. The Morgan fingerprint density at radius 3 is 1.94 bits per heavy atom. The highest BCUT2D eigenvalue weighted by molar-refractivity contribution is 6.21. The van der Waals surface area contributed by atoms with Gasteiger partial charge in [-0.15, -0.1) is 0 Å². The molecule has 32 heavy (non-hydrogen) atoms. The number of fused-ring (bicyclic) bond motifs is 6. The summed E-state index contributed by atoms with van der Waals surface area (Å²) in [7, 11) is 0. The lowest BCUT2D eigenvalue weighted by molar-refractivity contribution is 0.0642. The summed E-state index contributed by atoms with van der Waals surface area (Å²) in [6, 6.07) is 16.0. The lowest BCUT2D eigenvalue weighted by atomic mass is 10.0. The van der Waals surface area contributed by atoms with Crippen molar-refractivity contribution < 1.29 is 18.4 Å². The summed E-state index contributed by atoms with van der Waals surface area (Å²) >= 11 is 0. The molecule has 156 valence electrons. The average molecular weight is 423 g/mol. The fraction of sp³-hybridized carbons (Fsp3) is 0.115. The smallest absolute Gasteiger partial charge is 0.336 e. The van der Waals surface area contributed by atoms with Crippen LogP contribution in [0.5, 0.6) is 0 Å². The van der Waals surface area contributed by atoms with Gasteiger partial charge in [0.05, 0.1) is 17.7 Å². The first kappa shape index (κ1) is 18.6. The van der Waals surface area contributed by atoms with Crippen molar-refractivity contribution in [2.24, 2.45) is 0 Å². The molecule has 1 aliphatic rings. The van der Waals surface area contributed by atoms with Crippen LogP contribution in [0.15, 0.2) is 68.2 Å². The number of imide groups is 1. The summed E-state index contributed by atoms with van der Waals surface area (Å²) in [5.41, 5.74) is 3.23. The van der Waals surface area contributed by atoms with Crippen LogP contribution in [0.3, 0.4) is 0 Å². The van der Waals surface area contributed by atoms with Crippen LogP contribution < -0.4 is 5.63 Å². The maximum Gasteiger partial charge on any atom is 0.336 e. The molecule has 0 unspecified atom stereocenters. The maximum atomic E-state index is 12.8. The van der Waals surface area contributed by atoms with E-state index < -0.39 is 5.63 Å². The van der Waals surface area contributed by atoms with E-state index in [0.29, 0.717) is 28.1 Å². The second-order valence-electron chi connectivity index (χ2n) is 8.11. The van der Waals surface area contributed by atoms with E-state index in [1.54, 1.807) is 24.3 Å². The molecular weight excluding hydrogens is 406 g/mol. The van der Waals surface area contributed by atoms with Crippen LogP contribution in [0.1, 0.15) is 37.6 Å². The number of hydrogen-bond donors (Lipinski definition) is 0. The van der Waals surface area contributed by atoms with Crippen molar-refractivity contribution in [3.63, 3.8) is 0 Å². The van der Waals surface area contributed by atoms with Gasteiger partial charge in [0.1, 0.15) is 16.9 Å². The Morgan fingerprint density at radius 2 is 1.28 bits per heavy atom. The van der Waals surface area contributed by atoms with E-state index in [0.717, 1.165) is 32.7 Å². The van der Waals surface area contributed by atoms with Gasteiger partial charge < -0.3 is 8.83 Å². The fourth-order valence-corrected chi connectivity index (χ4v) is 4.64. The first-order chi connectivity index (χ1) is 15.4. The largest absolute Gasteiger partial charge is 0.460 e. The molecule has 6 rings (SSSR count). The minimum atomic E-state index is -0.399. The highest BCUT2D eigenvalue weighted by Gasteiger charge is 2.36. The molecule has 3 aromatic carbocycles. The van der Waals surface area contributed by atoms with Gasteiger partial charge in [0.2, 0.25) is 0 Å². The number of carbonyl (C=O) groups excluding carboxylic acids is 2. The number of benzene rings is 3. The molecule has 0 aliphatic carbocycles. The molecule has 6 nitrogen and oxygen atoms in total. The van der Waals surface area contributed by atoms with Gasteiger partial charge in [-0.1, -0.05) is 18.2 Å². The number of amides is 2. The minimum Gasteiger partial charge on any atom is -0.460 e. The van der Waals surface area contributed by atoms with Crippen molar-refractivity contribution in [2.45, 2.75) is 20.4 Å². The van der Waals surface area contributed by atoms with Gasteiger partial charge in [0, 0.05) is 33.2 Å². The Labute approximate surface area is 181 Å². The lowest BCUT2D eigenvalue weighted by Gasteiger charge is -2.13. The van der Waals surface area contributed by atoms with Gasteiger partial charge >= 0.3 is 5.63 Å². The molecule has 0 atom stereocenters. The maximum absolute atomic E-state index is 12.8. The van der Waals surface area contributed by atoms with Crippen molar-refractivity contribution in [3.8, 4) is 0 Å². The molecule has 0 saturated heterocycles. The lowest BCUT2D eigenvalue weighted by Crippen LogP contribution is -2.29. The van der Waals surface area contributed by atoms with Crippen molar-refractivity contribution in [2.75, 3.05) is 0 Å². The van der Waals surface area contributed by atoms with Crippen LogP contribution in [0, 0.1) is 13.8 Å². The number of furan rings is 1. The second kappa shape index (κ2) is 6.40. The van der Waals surface area contributed by atoms with E-state index in [1.807, 2.05) is 38.1 Å². The van der Waals surface area contributed by atoms with Gasteiger partial charge in [0.25, 0.3) is 11.8 Å². The second-order valence-corrected chi connectivity index (χ2v) is 8.11. The third-order valence-electron chi connectivity index (χ3n) is 6.26. The predicted molar refractivity (Wildman–Crippen MR) is 120 cm³/mol. The van der Waals surface area contributed by atoms with Crippen molar-refractivity contribution in [1.82, 2.24) is 4.90 Å². The third kappa shape index (κ3) is 2.43. The number of aryl methyl sites for hydroxylation is 2. The molecule has 3 heterocycles. The van der Waals surface area contributed by atoms with Gasteiger partial charge in [-0.05, 0) is 49.7 Å². The van der Waals surface area contributed by atoms with E-state index >= 15 is 0 Å². The summed E-state index contributed by atoms with van der Waals surface area (Å²) < 4.78 is 11.6. The molecule has 6 heteroatoms. The summed E-state index contributed by atoms with van der Waals surface area (Å²) in [5.74, 6) is 0.0293. The SMILES string of the molecule is Cc1oc2c(ccc3c2ccc2c(C)cc(=O)oc23)c1CN1C(=O)c2ccccc2C1=O. The zero-order valence-electron chi connectivity index (χ0n) is 17.4. The normalized spacial score (nSPS) is 13.6. The van der Waals surface area contributed by atoms with Crippen LogP contribution in [-0.2, 0) is 6.54 Å². The highest BCUT2D eigenvalue weighted by Crippen LogP contribution is 2.37. The predicted octanol–water partition coefficient (Wildman–Crippen LogP) is 5.11. The van der Waals surface area contributed by atoms with Crippen molar-refractivity contribution in [1.29, 1.82) is 0 Å². The molecule has 0 N–H and O–H groups in total. The fourth-order valence-electron chi connectivity index (χ4n) is 4.64. The highest BCUT2D eigenvalue weighted by atomic mass is 16.4. The van der Waals surface area contributed by atoms with Crippen LogP contribution in [0.4, 0.5) is 0 Å². The Bertz CT molecular complexity index is 1650. The quantitative estimate of drug-likeness (QED) is 0.224. The number of nitrogens with zero attached hydrogens (tertiary/aromatic N) is 1. The Morgan fingerprint density at radius 1 is 0.719 bits per heavy atom. The molecule has 0 saturated carbocycles. The molecular formula is C26H17NO5. The number of rotatable bonds is 2. The Hall–Kier alpha value is -4.19. The van der Waals surface area contributed by atoms with Crippen LogP contribution >= 0.6 is 0 Å². The zero-order chi connectivity index (χ0) is 22.1. The van der Waals surface area contributed by atoms with Crippen molar-refractivity contribution in [3.05, 3.63) is 93.0 Å². The van der Waals surface area contributed by atoms with E-state index in [-0.39, 0.29) is 18.4 Å². The zero-order valence-corrected chi connectivity index (χ0v) is 17.4. The monoisotopic (exact) mass is 423 g/mol. The van der Waals surface area contributed by atoms with Crippen LogP contribution in [0.2, 0.25) is 0 Å². The molecule has 2 amide bonds. The molecule has 1 aliphatic heterocycles. The number of hydrogen-bond acceptors (Lipinski definition) is 5. The van der Waals surface area contributed by atoms with Gasteiger partial charge in [0.15, 0.2) is 0 Å². The van der Waals surface area contributed by atoms with Gasteiger partial charge in [-0.2, -0.15) is 0 Å². The van der Waals surface area contributed by atoms with E-state index in [4.69, 9.17) is 8.83 Å². The average Bonchev–Trinajstić information content (AvgIpc) is 3.23. The van der Waals surface area contributed by atoms with Crippen LogP contribution in [-0.4, -0.2) is 16.7 Å². The summed E-state index contributed by atoms with van der Waals surface area (Å²) in [4.78, 5) is 38.9. The summed E-state index contributed by atoms with van der Waals surface area (Å²) in [6.07, 6.45) is 0. The molecule has 0 spiro atoms. The molecule has 0 bridgehead atoms. The minimum absolute atomic E-state index is 0.123. The topological polar surface area (TPSA) is 80.7 Å². The van der Waals surface area contributed by atoms with E-state index in [1.165, 1.54) is 11.0 Å². The van der Waals surface area contributed by atoms with E-state index in [9.17, 15) is 14.4 Å².